The third kappa shape index (κ3) is 4.13. The summed E-state index contributed by atoms with van der Waals surface area (Å²) in [5.74, 6) is -0.159. The van der Waals surface area contributed by atoms with Gasteiger partial charge in [-0.1, -0.05) is 43.7 Å². The van der Waals surface area contributed by atoms with E-state index in [1.54, 1.807) is 12.1 Å². The van der Waals surface area contributed by atoms with Crippen molar-refractivity contribution in [2.45, 2.75) is 38.5 Å². The quantitative estimate of drug-likeness (QED) is 0.840. The first-order chi connectivity index (χ1) is 9.16. The molecule has 19 heavy (non-hydrogen) atoms. The van der Waals surface area contributed by atoms with Gasteiger partial charge in [-0.3, -0.25) is 0 Å². The maximum Gasteiger partial charge on any atom is 0.337 e. The van der Waals surface area contributed by atoms with Gasteiger partial charge in [0, 0.05) is 12.2 Å². The summed E-state index contributed by atoms with van der Waals surface area (Å²) in [5.41, 5.74) is 0.988. The summed E-state index contributed by atoms with van der Waals surface area (Å²) >= 11 is 5.84. The molecule has 0 amide bonds. The predicted octanol–water partition coefficient (Wildman–Crippen LogP) is 4.42. The number of aromatic carboxylic acids is 1. The third-order valence-corrected chi connectivity index (χ3v) is 4.13. The number of nitrogens with one attached hydrogen (secondary N) is 1. The highest BCUT2D eigenvalue weighted by Crippen LogP contribution is 2.26. The average molecular weight is 282 g/mol. The number of carboxylic acid groups (broad SMARTS) is 1. The molecular weight excluding hydrogens is 262 g/mol. The molecule has 0 unspecified atom stereocenters. The van der Waals surface area contributed by atoms with Crippen molar-refractivity contribution in [3.8, 4) is 0 Å². The lowest BCUT2D eigenvalue weighted by atomic mass is 9.87. The van der Waals surface area contributed by atoms with Crippen LogP contribution in [0.15, 0.2) is 18.2 Å². The minimum absolute atomic E-state index is 0.157. The lowest BCUT2D eigenvalue weighted by Gasteiger charge is -2.21. The van der Waals surface area contributed by atoms with Gasteiger partial charge in [-0.2, -0.15) is 0 Å². The van der Waals surface area contributed by atoms with E-state index in [0.717, 1.165) is 24.6 Å². The lowest BCUT2D eigenvalue weighted by Crippen LogP contribution is -2.12. The van der Waals surface area contributed by atoms with Crippen molar-refractivity contribution in [1.29, 1.82) is 0 Å². The van der Waals surface area contributed by atoms with E-state index < -0.39 is 5.97 Å². The Labute approximate surface area is 119 Å². The maximum atomic E-state index is 11.0. The molecule has 0 aromatic heterocycles. The molecule has 0 radical (unpaired) electrons. The summed E-state index contributed by atoms with van der Waals surface area (Å²) in [6.45, 7) is 0.894. The lowest BCUT2D eigenvalue weighted by molar-refractivity contribution is 0.0697. The number of hydrogen-bond donors (Lipinski definition) is 2. The minimum Gasteiger partial charge on any atom is -0.478 e. The van der Waals surface area contributed by atoms with Gasteiger partial charge in [0.2, 0.25) is 0 Å². The molecule has 0 heterocycles. The Hall–Kier alpha value is -1.22. The van der Waals surface area contributed by atoms with Gasteiger partial charge in [0.25, 0.3) is 0 Å². The molecular formula is C15H20ClNO2. The second-order valence-corrected chi connectivity index (χ2v) is 5.63. The number of benzene rings is 1. The molecule has 0 atom stereocenters. The van der Waals surface area contributed by atoms with E-state index in [0.29, 0.717) is 0 Å². The van der Waals surface area contributed by atoms with Crippen LogP contribution in [0, 0.1) is 5.92 Å². The monoisotopic (exact) mass is 281 g/mol. The fourth-order valence-corrected chi connectivity index (χ4v) is 2.89. The third-order valence-electron chi connectivity index (χ3n) is 3.80. The van der Waals surface area contributed by atoms with E-state index in [2.05, 4.69) is 5.32 Å². The highest BCUT2D eigenvalue weighted by Gasteiger charge is 2.13. The van der Waals surface area contributed by atoms with Gasteiger partial charge in [0.05, 0.1) is 10.6 Å². The molecule has 1 aromatic carbocycles. The van der Waals surface area contributed by atoms with E-state index in [-0.39, 0.29) is 10.6 Å². The summed E-state index contributed by atoms with van der Waals surface area (Å²) in [5, 5.41) is 12.6. The number of halogens is 1. The Kier molecular flexibility index (Phi) is 5.08. The van der Waals surface area contributed by atoms with E-state index in [9.17, 15) is 4.79 Å². The Bertz CT molecular complexity index is 442. The van der Waals surface area contributed by atoms with Crippen molar-refractivity contribution in [2.24, 2.45) is 5.92 Å². The molecule has 1 aliphatic carbocycles. The molecule has 0 spiro atoms. The summed E-state index contributed by atoms with van der Waals surface area (Å²) in [6, 6.07) is 5.06. The standard InChI is InChI=1S/C15H20ClNO2/c16-14-7-6-12(10-13(14)15(18)19)17-9-8-11-4-2-1-3-5-11/h6-7,10-11,17H,1-5,8-9H2,(H,18,19). The van der Waals surface area contributed by atoms with Crippen molar-refractivity contribution in [1.82, 2.24) is 0 Å². The first-order valence-electron chi connectivity index (χ1n) is 6.93. The number of anilines is 1. The predicted molar refractivity (Wildman–Crippen MR) is 78.1 cm³/mol. The van der Waals surface area contributed by atoms with Gasteiger partial charge >= 0.3 is 5.97 Å². The first kappa shape index (κ1) is 14.2. The smallest absolute Gasteiger partial charge is 0.337 e. The van der Waals surface area contributed by atoms with Crippen LogP contribution >= 0.6 is 11.6 Å². The summed E-state index contributed by atoms with van der Waals surface area (Å²) in [4.78, 5) is 11.0. The Morgan fingerprint density at radius 2 is 2.05 bits per heavy atom. The zero-order valence-electron chi connectivity index (χ0n) is 11.0. The molecule has 0 bridgehead atoms. The zero-order valence-corrected chi connectivity index (χ0v) is 11.7. The van der Waals surface area contributed by atoms with Gasteiger partial charge in [0.1, 0.15) is 0 Å². The molecule has 104 valence electrons. The molecule has 0 aliphatic heterocycles. The summed E-state index contributed by atoms with van der Waals surface area (Å²) in [7, 11) is 0. The second kappa shape index (κ2) is 6.80. The molecule has 0 saturated heterocycles. The molecule has 1 aliphatic rings. The van der Waals surface area contributed by atoms with Gasteiger partial charge in [0.15, 0.2) is 0 Å². The van der Waals surface area contributed by atoms with Gasteiger partial charge in [-0.15, -0.1) is 0 Å². The normalized spacial score (nSPS) is 16.3. The van der Waals surface area contributed by atoms with Gasteiger partial charge in [-0.05, 0) is 30.5 Å². The number of carboxylic acids is 1. The molecule has 3 nitrogen and oxygen atoms in total. The van der Waals surface area contributed by atoms with E-state index >= 15 is 0 Å². The van der Waals surface area contributed by atoms with E-state index in [1.807, 2.05) is 6.07 Å². The van der Waals surface area contributed by atoms with Crippen molar-refractivity contribution < 1.29 is 9.90 Å². The summed E-state index contributed by atoms with van der Waals surface area (Å²) < 4.78 is 0. The highest BCUT2D eigenvalue weighted by molar-refractivity contribution is 6.33. The Morgan fingerprint density at radius 1 is 1.32 bits per heavy atom. The van der Waals surface area contributed by atoms with E-state index in [1.165, 1.54) is 32.1 Å². The SMILES string of the molecule is O=C(O)c1cc(NCCC2CCCCC2)ccc1Cl. The van der Waals surface area contributed by atoms with Crippen LogP contribution in [0.4, 0.5) is 5.69 Å². The molecule has 1 saturated carbocycles. The van der Waals surface area contributed by atoms with Crippen molar-refractivity contribution in [3.05, 3.63) is 28.8 Å². The zero-order chi connectivity index (χ0) is 13.7. The van der Waals surface area contributed by atoms with Crippen LogP contribution in [0.3, 0.4) is 0 Å². The molecule has 2 N–H and O–H groups in total. The molecule has 4 heteroatoms. The van der Waals surface area contributed by atoms with Crippen LogP contribution < -0.4 is 5.32 Å². The molecule has 2 rings (SSSR count). The summed E-state index contributed by atoms with van der Waals surface area (Å²) in [6.07, 6.45) is 7.92. The fraction of sp³-hybridized carbons (Fsp3) is 0.533. The molecule has 1 aromatic rings. The molecule has 1 fully saturated rings. The van der Waals surface area contributed by atoms with E-state index in [4.69, 9.17) is 16.7 Å². The highest BCUT2D eigenvalue weighted by atomic mass is 35.5. The maximum absolute atomic E-state index is 11.0. The number of hydrogen-bond acceptors (Lipinski definition) is 2. The van der Waals surface area contributed by atoms with Crippen LogP contribution in [0.25, 0.3) is 0 Å². The van der Waals surface area contributed by atoms with Crippen LogP contribution in [0.2, 0.25) is 5.02 Å². The number of carbonyl (C=O) groups is 1. The largest absolute Gasteiger partial charge is 0.478 e. The Morgan fingerprint density at radius 3 is 2.74 bits per heavy atom. The average Bonchev–Trinajstić information content (AvgIpc) is 2.41. The van der Waals surface area contributed by atoms with Crippen molar-refractivity contribution in [2.75, 3.05) is 11.9 Å². The number of rotatable bonds is 5. The minimum atomic E-state index is -0.985. The van der Waals surface area contributed by atoms with Crippen LogP contribution in [-0.2, 0) is 0 Å². The van der Waals surface area contributed by atoms with Crippen LogP contribution in [-0.4, -0.2) is 17.6 Å². The van der Waals surface area contributed by atoms with Crippen LogP contribution in [0.5, 0.6) is 0 Å². The fourth-order valence-electron chi connectivity index (χ4n) is 2.70. The Balaban J connectivity index is 1.85. The first-order valence-corrected chi connectivity index (χ1v) is 7.31. The van der Waals surface area contributed by atoms with Crippen LogP contribution in [0.1, 0.15) is 48.9 Å². The van der Waals surface area contributed by atoms with Crippen molar-refractivity contribution >= 4 is 23.3 Å². The topological polar surface area (TPSA) is 49.3 Å². The second-order valence-electron chi connectivity index (χ2n) is 5.22. The van der Waals surface area contributed by atoms with Crippen molar-refractivity contribution in [3.63, 3.8) is 0 Å². The van der Waals surface area contributed by atoms with Gasteiger partial charge < -0.3 is 10.4 Å². The van der Waals surface area contributed by atoms with Gasteiger partial charge in [-0.25, -0.2) is 4.79 Å².